The summed E-state index contributed by atoms with van der Waals surface area (Å²) in [6.07, 6.45) is 4.48. The third-order valence-electron chi connectivity index (χ3n) is 6.75. The number of guanidine groups is 1. The maximum absolute atomic E-state index is 2.63. The summed E-state index contributed by atoms with van der Waals surface area (Å²) in [4.78, 5) is 5.20. The fourth-order valence-electron chi connectivity index (χ4n) is 5.34. The van der Waals surface area contributed by atoms with Gasteiger partial charge in [-0.25, -0.2) is 0 Å². The lowest BCUT2D eigenvalue weighted by atomic mass is 10.0. The van der Waals surface area contributed by atoms with Crippen molar-refractivity contribution in [3.8, 4) is 0 Å². The minimum absolute atomic E-state index is 1.04. The second-order valence-electron chi connectivity index (χ2n) is 9.61. The number of anilines is 2. The van der Waals surface area contributed by atoms with Gasteiger partial charge in [0.2, 0.25) is 0 Å². The number of nitrogens with zero attached hydrogens (tertiary/aromatic N) is 3. The van der Waals surface area contributed by atoms with Gasteiger partial charge in [0.05, 0.1) is 26.2 Å². The number of benzene rings is 4. The van der Waals surface area contributed by atoms with Crippen LogP contribution >= 0.6 is 0 Å². The Bertz CT molecular complexity index is 1200. The molecule has 0 amide bonds. The molecule has 3 nitrogen and oxygen atoms in total. The largest absolute Gasteiger partial charge is 0.360 e. The summed E-state index contributed by atoms with van der Waals surface area (Å²) in [5, 5.41) is 5.11. The van der Waals surface area contributed by atoms with Crippen LogP contribution in [0.5, 0.6) is 0 Å². The summed E-state index contributed by atoms with van der Waals surface area (Å²) in [5.41, 5.74) is 2.49. The van der Waals surface area contributed by atoms with Crippen LogP contribution in [-0.2, 0) is 0 Å². The highest BCUT2D eigenvalue weighted by molar-refractivity contribution is 6.12. The molecule has 3 heteroatoms. The maximum Gasteiger partial charge on any atom is 0.360 e. The molecule has 0 atom stereocenters. The molecule has 0 aliphatic carbocycles. The first-order valence-corrected chi connectivity index (χ1v) is 13.9. The van der Waals surface area contributed by atoms with Gasteiger partial charge in [0, 0.05) is 10.8 Å². The lowest BCUT2D eigenvalue weighted by Gasteiger charge is -2.31. The van der Waals surface area contributed by atoms with Crippen LogP contribution in [0.1, 0.15) is 53.4 Å². The first-order chi connectivity index (χ1) is 17.7. The molecule has 36 heavy (non-hydrogen) atoms. The zero-order chi connectivity index (χ0) is 25.3. The molecule has 0 bridgehead atoms. The molecule has 0 radical (unpaired) electrons. The van der Waals surface area contributed by atoms with E-state index in [0.29, 0.717) is 0 Å². The Labute approximate surface area is 217 Å². The minimum atomic E-state index is 1.04. The normalized spacial score (nSPS) is 11.1. The predicted octanol–water partition coefficient (Wildman–Crippen LogP) is 8.44. The fourth-order valence-corrected chi connectivity index (χ4v) is 5.34. The number of hydrogen-bond acceptors (Lipinski definition) is 0. The van der Waals surface area contributed by atoms with E-state index < -0.39 is 0 Å². The van der Waals surface area contributed by atoms with Gasteiger partial charge in [-0.3, -0.25) is 9.48 Å². The quantitative estimate of drug-likeness (QED) is 0.128. The average Bonchev–Trinajstić information content (AvgIpc) is 2.91. The zero-order valence-corrected chi connectivity index (χ0v) is 22.6. The Morgan fingerprint density at radius 3 is 1.44 bits per heavy atom. The molecular weight excluding hydrogens is 438 g/mol. The van der Waals surface area contributed by atoms with Gasteiger partial charge in [-0.2, -0.15) is 4.90 Å². The molecule has 0 saturated heterocycles. The minimum Gasteiger partial charge on any atom is -0.264 e. The number of rotatable bonds is 10. The maximum atomic E-state index is 2.63. The summed E-state index contributed by atoms with van der Waals surface area (Å²) in [6, 6.07) is 31.1. The van der Waals surface area contributed by atoms with E-state index in [-0.39, 0.29) is 0 Å². The molecule has 0 aromatic heterocycles. The van der Waals surface area contributed by atoms with Crippen molar-refractivity contribution >= 4 is 38.9 Å². The Balaban J connectivity index is 2.11. The van der Waals surface area contributed by atoms with Crippen LogP contribution in [0.4, 0.5) is 11.4 Å². The fraction of sp³-hybridized carbons (Fsp3) is 0.364. The van der Waals surface area contributed by atoms with E-state index in [9.17, 15) is 0 Å². The predicted molar refractivity (Wildman–Crippen MR) is 158 cm³/mol. The van der Waals surface area contributed by atoms with Crippen molar-refractivity contribution in [2.45, 2.75) is 53.4 Å². The van der Waals surface area contributed by atoms with Crippen molar-refractivity contribution < 1.29 is 4.58 Å². The number of hydrogen-bond donors (Lipinski definition) is 0. The molecular formula is C33H42N3+. The first-order valence-electron chi connectivity index (χ1n) is 13.9. The molecule has 0 spiro atoms. The molecule has 0 N–H and O–H groups in total. The molecule has 0 heterocycles. The molecule has 188 valence electrons. The van der Waals surface area contributed by atoms with Crippen LogP contribution < -0.4 is 4.90 Å². The van der Waals surface area contributed by atoms with Gasteiger partial charge in [-0.05, 0) is 48.6 Å². The Kier molecular flexibility index (Phi) is 9.00. The van der Waals surface area contributed by atoms with Crippen LogP contribution in [0.15, 0.2) is 84.9 Å². The summed E-state index contributed by atoms with van der Waals surface area (Å²) < 4.78 is 2.63. The summed E-state index contributed by atoms with van der Waals surface area (Å²) >= 11 is 0. The van der Waals surface area contributed by atoms with E-state index in [0.717, 1.165) is 51.9 Å². The highest BCUT2D eigenvalue weighted by atomic mass is 15.4. The van der Waals surface area contributed by atoms with Crippen LogP contribution in [0, 0.1) is 0 Å². The lowest BCUT2D eigenvalue weighted by Crippen LogP contribution is -2.49. The lowest BCUT2D eigenvalue weighted by molar-refractivity contribution is -0.533. The topological polar surface area (TPSA) is 9.49 Å². The molecule has 0 fully saturated rings. The third-order valence-corrected chi connectivity index (χ3v) is 6.75. The van der Waals surface area contributed by atoms with E-state index >= 15 is 0 Å². The van der Waals surface area contributed by atoms with Crippen molar-refractivity contribution in [3.63, 3.8) is 0 Å². The Hall–Kier alpha value is -3.33. The smallest absolute Gasteiger partial charge is 0.264 e. The molecule has 0 aliphatic rings. The molecule has 4 aromatic rings. The standard InChI is InChI=1S/C33H42N3/c1-5-23-34(24-6-2)33(35(25-7-3)26-8-4)36(31-21-13-17-27-15-9-11-19-29(27)31)32-22-14-18-28-16-10-12-20-30(28)32/h9-22H,5-8,23-26H2,1-4H3/q+1. The van der Waals surface area contributed by atoms with E-state index in [2.05, 4.69) is 127 Å². The van der Waals surface area contributed by atoms with Crippen molar-refractivity contribution in [3.05, 3.63) is 84.9 Å². The van der Waals surface area contributed by atoms with E-state index in [1.165, 1.54) is 38.9 Å². The van der Waals surface area contributed by atoms with Crippen LogP contribution in [0.2, 0.25) is 0 Å². The van der Waals surface area contributed by atoms with Crippen LogP contribution in [0.25, 0.3) is 21.5 Å². The van der Waals surface area contributed by atoms with Crippen molar-refractivity contribution in [2.75, 3.05) is 31.1 Å². The monoisotopic (exact) mass is 480 g/mol. The third kappa shape index (κ3) is 5.41. The van der Waals surface area contributed by atoms with Crippen molar-refractivity contribution in [2.24, 2.45) is 0 Å². The van der Waals surface area contributed by atoms with Crippen molar-refractivity contribution in [1.29, 1.82) is 0 Å². The summed E-state index contributed by atoms with van der Waals surface area (Å²) in [6.45, 7) is 13.3. The SMILES string of the molecule is CCCN(CCC)C(N(c1cccc2ccccc12)c1cccc2ccccc12)=[N+](CCC)CCC. The molecule has 4 rings (SSSR count). The van der Waals surface area contributed by atoms with Gasteiger partial charge in [0.15, 0.2) is 0 Å². The van der Waals surface area contributed by atoms with E-state index in [1.807, 2.05) is 0 Å². The van der Waals surface area contributed by atoms with Gasteiger partial charge in [-0.15, -0.1) is 0 Å². The molecule has 0 unspecified atom stereocenters. The molecule has 0 saturated carbocycles. The second kappa shape index (κ2) is 12.6. The van der Waals surface area contributed by atoms with Crippen LogP contribution in [0.3, 0.4) is 0 Å². The first kappa shape index (κ1) is 25.8. The van der Waals surface area contributed by atoms with Gasteiger partial charge >= 0.3 is 5.96 Å². The van der Waals surface area contributed by atoms with Gasteiger partial charge in [-0.1, -0.05) is 100 Å². The summed E-state index contributed by atoms with van der Waals surface area (Å²) in [5.74, 6) is 1.31. The van der Waals surface area contributed by atoms with E-state index in [1.54, 1.807) is 0 Å². The number of fused-ring (bicyclic) bond motifs is 2. The molecule has 4 aromatic carbocycles. The Morgan fingerprint density at radius 2 is 1.00 bits per heavy atom. The Morgan fingerprint density at radius 1 is 0.556 bits per heavy atom. The van der Waals surface area contributed by atoms with Gasteiger partial charge in [0.1, 0.15) is 11.4 Å². The highest BCUT2D eigenvalue weighted by Crippen LogP contribution is 2.37. The van der Waals surface area contributed by atoms with E-state index in [4.69, 9.17) is 0 Å². The highest BCUT2D eigenvalue weighted by Gasteiger charge is 2.33. The second-order valence-corrected chi connectivity index (χ2v) is 9.61. The van der Waals surface area contributed by atoms with Gasteiger partial charge in [0.25, 0.3) is 0 Å². The zero-order valence-electron chi connectivity index (χ0n) is 22.6. The average molecular weight is 481 g/mol. The van der Waals surface area contributed by atoms with Crippen LogP contribution in [-0.4, -0.2) is 41.6 Å². The van der Waals surface area contributed by atoms with Gasteiger partial charge < -0.3 is 0 Å². The summed E-state index contributed by atoms with van der Waals surface area (Å²) in [7, 11) is 0. The van der Waals surface area contributed by atoms with Crippen molar-refractivity contribution in [1.82, 2.24) is 4.90 Å². The molecule has 0 aliphatic heterocycles.